The van der Waals surface area contributed by atoms with Crippen LogP contribution >= 0.6 is 0 Å². The molecular weight excluding hydrogens is 444 g/mol. The molecule has 6 heteroatoms. The summed E-state index contributed by atoms with van der Waals surface area (Å²) in [7, 11) is 0. The number of ether oxygens (including phenoxy) is 1. The molecule has 0 aromatic heterocycles. The molecule has 0 heterocycles. The molecule has 0 aliphatic rings. The molecule has 0 aliphatic heterocycles. The van der Waals surface area contributed by atoms with Crippen LogP contribution in [-0.2, 0) is 30.1 Å². The number of rotatable bonds is 11. The Bertz CT molecular complexity index is 822. The zero-order valence-corrected chi connectivity index (χ0v) is 23.8. The van der Waals surface area contributed by atoms with Crippen molar-refractivity contribution >= 4 is 11.9 Å². The maximum atomic E-state index is 13.1. The number of phenols is 1. The first-order chi connectivity index (χ1) is 15.9. The second kappa shape index (κ2) is 12.2. The highest BCUT2D eigenvalue weighted by Crippen LogP contribution is 2.40. The van der Waals surface area contributed by atoms with Crippen LogP contribution < -0.4 is 0 Å². The van der Waals surface area contributed by atoms with Crippen LogP contribution in [0.15, 0.2) is 12.1 Å². The second-order valence-electron chi connectivity index (χ2n) is 12.3. The summed E-state index contributed by atoms with van der Waals surface area (Å²) in [5.74, 6) is -0.779. The number of benzene rings is 1. The van der Waals surface area contributed by atoms with E-state index in [-0.39, 0.29) is 28.5 Å². The van der Waals surface area contributed by atoms with Crippen LogP contribution in [0, 0.1) is 5.92 Å². The number of hydrogen-bond acceptors (Lipinski definition) is 6. The Morgan fingerprint density at radius 1 is 0.943 bits per heavy atom. The lowest BCUT2D eigenvalue weighted by Crippen LogP contribution is -2.33. The van der Waals surface area contributed by atoms with Gasteiger partial charge in [-0.05, 0) is 56.6 Å². The number of unbranched alkanes of at least 4 members (excludes halogenated alkanes) is 1. The molecule has 0 radical (unpaired) electrons. The standard InChI is InChI=1S/C29H48O6/c1-12-14-15-20(13-2)26(32)34-35-29(10,11)18-19(3)33-25(31)21-16-22(27(4,5)6)24(30)23(17-21)28(7,8)9/h16-17,19-20,30H,12-15,18H2,1-11H3. The Morgan fingerprint density at radius 3 is 1.89 bits per heavy atom. The molecule has 35 heavy (non-hydrogen) atoms. The van der Waals surface area contributed by atoms with Gasteiger partial charge in [-0.1, -0.05) is 68.2 Å². The lowest BCUT2D eigenvalue weighted by molar-refractivity contribution is -0.331. The van der Waals surface area contributed by atoms with Gasteiger partial charge >= 0.3 is 11.9 Å². The van der Waals surface area contributed by atoms with E-state index in [4.69, 9.17) is 14.5 Å². The second-order valence-corrected chi connectivity index (χ2v) is 12.3. The fourth-order valence-corrected chi connectivity index (χ4v) is 4.08. The number of phenolic OH excluding ortho intramolecular Hbond substituents is 1. The minimum absolute atomic E-state index is 0.176. The molecule has 2 unspecified atom stereocenters. The minimum atomic E-state index is -0.833. The largest absolute Gasteiger partial charge is 0.507 e. The molecule has 1 aromatic rings. The van der Waals surface area contributed by atoms with Crippen molar-refractivity contribution in [2.24, 2.45) is 5.92 Å². The van der Waals surface area contributed by atoms with E-state index in [9.17, 15) is 14.7 Å². The lowest BCUT2D eigenvalue weighted by atomic mass is 9.78. The van der Waals surface area contributed by atoms with Gasteiger partial charge < -0.3 is 9.84 Å². The van der Waals surface area contributed by atoms with Crippen molar-refractivity contribution in [3.63, 3.8) is 0 Å². The average Bonchev–Trinajstić information content (AvgIpc) is 2.70. The minimum Gasteiger partial charge on any atom is -0.507 e. The van der Waals surface area contributed by atoms with E-state index in [1.165, 1.54) is 0 Å². The monoisotopic (exact) mass is 492 g/mol. The Hall–Kier alpha value is -2.08. The third-order valence-corrected chi connectivity index (χ3v) is 6.13. The number of aromatic hydroxyl groups is 1. The van der Waals surface area contributed by atoms with Gasteiger partial charge in [-0.2, -0.15) is 4.89 Å². The molecule has 0 bridgehead atoms. The summed E-state index contributed by atoms with van der Waals surface area (Å²) in [6, 6.07) is 3.43. The SMILES string of the molecule is CCCCC(CC)C(=O)OOC(C)(C)CC(C)OC(=O)c1cc(C(C)(C)C)c(O)c(C(C)(C)C)c1. The quantitative estimate of drug-likeness (QED) is 0.197. The van der Waals surface area contributed by atoms with E-state index >= 15 is 0 Å². The molecule has 0 saturated carbocycles. The third kappa shape index (κ3) is 9.47. The van der Waals surface area contributed by atoms with Crippen molar-refractivity contribution in [1.82, 2.24) is 0 Å². The predicted octanol–water partition coefficient (Wildman–Crippen LogP) is 7.39. The molecule has 0 saturated heterocycles. The maximum Gasteiger partial charge on any atom is 0.345 e. The first-order valence-electron chi connectivity index (χ1n) is 12.9. The van der Waals surface area contributed by atoms with E-state index in [2.05, 4.69) is 6.92 Å². The molecule has 1 aromatic carbocycles. The van der Waals surface area contributed by atoms with Crippen LogP contribution in [-0.4, -0.2) is 28.8 Å². The highest BCUT2D eigenvalue weighted by molar-refractivity contribution is 5.90. The molecule has 6 nitrogen and oxygen atoms in total. The van der Waals surface area contributed by atoms with Crippen molar-refractivity contribution in [3.8, 4) is 5.75 Å². The van der Waals surface area contributed by atoms with Crippen molar-refractivity contribution in [2.75, 3.05) is 0 Å². The number of hydrogen-bond donors (Lipinski definition) is 1. The van der Waals surface area contributed by atoms with Gasteiger partial charge in [-0.25, -0.2) is 9.59 Å². The highest BCUT2D eigenvalue weighted by Gasteiger charge is 2.31. The summed E-state index contributed by atoms with van der Waals surface area (Å²) in [5, 5.41) is 10.9. The van der Waals surface area contributed by atoms with Crippen LogP contribution in [0.5, 0.6) is 5.75 Å². The van der Waals surface area contributed by atoms with E-state index in [0.29, 0.717) is 29.5 Å². The zero-order valence-electron chi connectivity index (χ0n) is 23.8. The van der Waals surface area contributed by atoms with Crippen molar-refractivity contribution in [3.05, 3.63) is 28.8 Å². The van der Waals surface area contributed by atoms with E-state index in [0.717, 1.165) is 19.3 Å². The van der Waals surface area contributed by atoms with Gasteiger partial charge in [-0.3, -0.25) is 4.89 Å². The summed E-state index contributed by atoms with van der Waals surface area (Å²) in [5.41, 5.74) is 0.275. The van der Waals surface area contributed by atoms with Crippen molar-refractivity contribution < 1.29 is 29.2 Å². The van der Waals surface area contributed by atoms with E-state index < -0.39 is 17.7 Å². The molecule has 0 amide bonds. The van der Waals surface area contributed by atoms with Gasteiger partial charge in [0.15, 0.2) is 0 Å². The van der Waals surface area contributed by atoms with Crippen LogP contribution in [0.2, 0.25) is 0 Å². The molecule has 1 rings (SSSR count). The van der Waals surface area contributed by atoms with Crippen LogP contribution in [0.25, 0.3) is 0 Å². The van der Waals surface area contributed by atoms with Gasteiger partial charge in [-0.15, -0.1) is 0 Å². The fraction of sp³-hybridized carbons (Fsp3) is 0.724. The fourth-order valence-electron chi connectivity index (χ4n) is 4.08. The summed E-state index contributed by atoms with van der Waals surface area (Å²) >= 11 is 0. The van der Waals surface area contributed by atoms with Gasteiger partial charge in [0.2, 0.25) is 0 Å². The number of esters is 1. The molecule has 0 aliphatic carbocycles. The topological polar surface area (TPSA) is 82.1 Å². The Labute approximate surface area is 212 Å². The normalized spacial score (nSPS) is 14.4. The molecule has 200 valence electrons. The van der Waals surface area contributed by atoms with Crippen molar-refractivity contribution in [2.45, 2.75) is 131 Å². The Kier molecular flexibility index (Phi) is 10.8. The Morgan fingerprint density at radius 2 is 1.46 bits per heavy atom. The third-order valence-electron chi connectivity index (χ3n) is 6.13. The number of carbonyl (C=O) groups is 2. The number of carbonyl (C=O) groups excluding carboxylic acids is 2. The average molecular weight is 493 g/mol. The smallest absolute Gasteiger partial charge is 0.345 e. The summed E-state index contributed by atoms with van der Waals surface area (Å²) in [4.78, 5) is 36.1. The Balaban J connectivity index is 2.93. The van der Waals surface area contributed by atoms with Crippen LogP contribution in [0.3, 0.4) is 0 Å². The van der Waals surface area contributed by atoms with Crippen LogP contribution in [0.1, 0.15) is 130 Å². The summed E-state index contributed by atoms with van der Waals surface area (Å²) in [6.07, 6.45) is 3.33. The molecule has 2 atom stereocenters. The van der Waals surface area contributed by atoms with E-state index in [1.54, 1.807) is 32.9 Å². The summed E-state index contributed by atoms with van der Waals surface area (Å²) < 4.78 is 5.73. The van der Waals surface area contributed by atoms with Gasteiger partial charge in [0.25, 0.3) is 0 Å². The lowest BCUT2D eigenvalue weighted by Gasteiger charge is -2.29. The molecule has 1 N–H and O–H groups in total. The van der Waals surface area contributed by atoms with Crippen molar-refractivity contribution in [1.29, 1.82) is 0 Å². The zero-order chi connectivity index (χ0) is 27.2. The summed E-state index contributed by atoms with van der Waals surface area (Å²) in [6.45, 7) is 21.4. The molecule has 0 fully saturated rings. The van der Waals surface area contributed by atoms with E-state index in [1.807, 2.05) is 48.5 Å². The molecular formula is C29H48O6. The van der Waals surface area contributed by atoms with Gasteiger partial charge in [0.1, 0.15) is 17.5 Å². The maximum absolute atomic E-state index is 13.1. The highest BCUT2D eigenvalue weighted by atomic mass is 17.2. The molecule has 0 spiro atoms. The predicted molar refractivity (Wildman–Crippen MR) is 140 cm³/mol. The van der Waals surface area contributed by atoms with Crippen LogP contribution in [0.4, 0.5) is 0 Å². The van der Waals surface area contributed by atoms with Gasteiger partial charge in [0, 0.05) is 17.5 Å². The first-order valence-corrected chi connectivity index (χ1v) is 12.9. The first kappa shape index (κ1) is 31.0. The van der Waals surface area contributed by atoms with Gasteiger partial charge in [0.05, 0.1) is 11.5 Å².